The third-order valence-corrected chi connectivity index (χ3v) is 6.50. The maximum Gasteiger partial charge on any atom is 0.251 e. The number of rotatable bonds is 6. The number of hydrogen-bond acceptors (Lipinski definition) is 6. The Labute approximate surface area is 161 Å². The molecule has 1 aromatic carbocycles. The highest BCUT2D eigenvalue weighted by Crippen LogP contribution is 2.21. The van der Waals surface area contributed by atoms with Gasteiger partial charge in [0, 0.05) is 43.0 Å². The summed E-state index contributed by atoms with van der Waals surface area (Å²) in [6.07, 6.45) is 3.41. The lowest BCUT2D eigenvalue weighted by Crippen LogP contribution is -2.24. The van der Waals surface area contributed by atoms with Gasteiger partial charge in [-0.05, 0) is 36.4 Å². The second-order valence-corrected chi connectivity index (χ2v) is 8.95. The topological polar surface area (TPSA) is 92.3 Å². The molecule has 0 aliphatic heterocycles. The minimum atomic E-state index is -3.51. The van der Waals surface area contributed by atoms with E-state index in [9.17, 15) is 13.2 Å². The molecule has 140 valence electrons. The van der Waals surface area contributed by atoms with Crippen LogP contribution in [0, 0.1) is 0 Å². The predicted molar refractivity (Wildman–Crippen MR) is 104 cm³/mol. The van der Waals surface area contributed by atoms with Gasteiger partial charge in [-0.1, -0.05) is 0 Å². The zero-order valence-electron chi connectivity index (χ0n) is 14.8. The number of thiazole rings is 1. The number of amides is 1. The zero-order chi connectivity index (χ0) is 19.4. The highest BCUT2D eigenvalue weighted by atomic mass is 32.2. The third-order valence-electron chi connectivity index (χ3n) is 3.82. The lowest BCUT2D eigenvalue weighted by atomic mass is 10.2. The molecule has 0 fully saturated rings. The van der Waals surface area contributed by atoms with Gasteiger partial charge in [0.1, 0.15) is 5.01 Å². The highest BCUT2D eigenvalue weighted by molar-refractivity contribution is 7.89. The Balaban J connectivity index is 1.64. The quantitative estimate of drug-likeness (QED) is 0.683. The summed E-state index contributed by atoms with van der Waals surface area (Å²) in [6.45, 7) is 0.298. The average molecular weight is 403 g/mol. The molecule has 3 aromatic rings. The highest BCUT2D eigenvalue weighted by Gasteiger charge is 2.17. The summed E-state index contributed by atoms with van der Waals surface area (Å²) < 4.78 is 25.2. The molecule has 27 heavy (non-hydrogen) atoms. The fourth-order valence-electron chi connectivity index (χ4n) is 2.29. The van der Waals surface area contributed by atoms with Gasteiger partial charge in [-0.25, -0.2) is 17.7 Å². The molecule has 0 aliphatic carbocycles. The van der Waals surface area contributed by atoms with Crippen molar-refractivity contribution in [1.82, 2.24) is 19.6 Å². The zero-order valence-corrected chi connectivity index (χ0v) is 16.4. The van der Waals surface area contributed by atoms with Gasteiger partial charge in [-0.2, -0.15) is 0 Å². The Morgan fingerprint density at radius 3 is 2.41 bits per heavy atom. The Morgan fingerprint density at radius 1 is 1.11 bits per heavy atom. The summed E-state index contributed by atoms with van der Waals surface area (Å²) in [4.78, 5) is 20.9. The number of benzene rings is 1. The van der Waals surface area contributed by atoms with E-state index in [1.165, 1.54) is 49.7 Å². The van der Waals surface area contributed by atoms with Crippen molar-refractivity contribution in [1.29, 1.82) is 0 Å². The van der Waals surface area contributed by atoms with Gasteiger partial charge in [-0.3, -0.25) is 9.78 Å². The largest absolute Gasteiger partial charge is 0.346 e. The van der Waals surface area contributed by atoms with Gasteiger partial charge in [-0.15, -0.1) is 11.3 Å². The fourth-order valence-corrected chi connectivity index (χ4v) is 3.94. The number of nitrogens with zero attached hydrogens (tertiary/aromatic N) is 3. The van der Waals surface area contributed by atoms with Crippen LogP contribution in [0.2, 0.25) is 0 Å². The van der Waals surface area contributed by atoms with Crippen molar-refractivity contribution in [3.05, 3.63) is 64.7 Å². The predicted octanol–water partition coefficient (Wildman–Crippen LogP) is 2.39. The standard InChI is InChI=1S/C18H18N4O3S2/c1-22(2)27(24,25)15-5-3-14(4-6-15)18(23)20-11-17-21-16(12-26-17)13-7-9-19-10-8-13/h3-10,12H,11H2,1-2H3,(H,20,23). The summed E-state index contributed by atoms with van der Waals surface area (Å²) in [6, 6.07) is 9.60. The van der Waals surface area contributed by atoms with Crippen molar-refractivity contribution < 1.29 is 13.2 Å². The van der Waals surface area contributed by atoms with E-state index in [0.29, 0.717) is 12.1 Å². The van der Waals surface area contributed by atoms with Gasteiger partial charge in [0.25, 0.3) is 5.91 Å². The third kappa shape index (κ3) is 4.38. The summed E-state index contributed by atoms with van der Waals surface area (Å²) >= 11 is 1.46. The first kappa shape index (κ1) is 19.2. The monoisotopic (exact) mass is 402 g/mol. The van der Waals surface area contributed by atoms with Crippen molar-refractivity contribution in [3.63, 3.8) is 0 Å². The first-order valence-electron chi connectivity index (χ1n) is 8.03. The number of carbonyl (C=O) groups excluding carboxylic acids is 1. The average Bonchev–Trinajstić information content (AvgIpc) is 3.16. The van der Waals surface area contributed by atoms with E-state index in [2.05, 4.69) is 15.3 Å². The van der Waals surface area contributed by atoms with Crippen molar-refractivity contribution in [3.8, 4) is 11.3 Å². The first-order chi connectivity index (χ1) is 12.9. The lowest BCUT2D eigenvalue weighted by Gasteiger charge is -2.11. The van der Waals surface area contributed by atoms with Crippen LogP contribution in [0.15, 0.2) is 59.1 Å². The van der Waals surface area contributed by atoms with E-state index < -0.39 is 10.0 Å². The summed E-state index contributed by atoms with van der Waals surface area (Å²) in [5.74, 6) is -0.288. The van der Waals surface area contributed by atoms with Gasteiger partial charge < -0.3 is 5.32 Å². The normalized spacial score (nSPS) is 11.5. The van der Waals surface area contributed by atoms with Crippen molar-refractivity contribution >= 4 is 27.3 Å². The molecule has 7 nitrogen and oxygen atoms in total. The van der Waals surface area contributed by atoms with Crippen LogP contribution in [0.3, 0.4) is 0 Å². The first-order valence-corrected chi connectivity index (χ1v) is 10.4. The van der Waals surface area contributed by atoms with E-state index >= 15 is 0 Å². The van der Waals surface area contributed by atoms with E-state index in [-0.39, 0.29) is 10.8 Å². The summed E-state index contributed by atoms with van der Waals surface area (Å²) in [7, 11) is -0.584. The van der Waals surface area contributed by atoms with Crippen LogP contribution in [0.4, 0.5) is 0 Å². The maximum atomic E-state index is 12.3. The van der Waals surface area contributed by atoms with Crippen molar-refractivity contribution in [2.75, 3.05) is 14.1 Å². The number of carbonyl (C=O) groups is 1. The maximum absolute atomic E-state index is 12.3. The Bertz CT molecular complexity index is 1030. The summed E-state index contributed by atoms with van der Waals surface area (Å²) in [5, 5.41) is 5.51. The second-order valence-electron chi connectivity index (χ2n) is 5.86. The molecular weight excluding hydrogens is 384 g/mol. The molecule has 0 bridgehead atoms. The molecule has 0 unspecified atom stereocenters. The minimum absolute atomic E-state index is 0.144. The smallest absolute Gasteiger partial charge is 0.251 e. The Kier molecular flexibility index (Phi) is 5.64. The minimum Gasteiger partial charge on any atom is -0.346 e. The van der Waals surface area contributed by atoms with Gasteiger partial charge in [0.05, 0.1) is 17.1 Å². The molecular formula is C18H18N4O3S2. The molecule has 0 radical (unpaired) electrons. The van der Waals surface area contributed by atoms with Gasteiger partial charge in [0.15, 0.2) is 0 Å². The van der Waals surface area contributed by atoms with Crippen LogP contribution in [0.25, 0.3) is 11.3 Å². The number of sulfonamides is 1. The van der Waals surface area contributed by atoms with Crippen LogP contribution in [0.5, 0.6) is 0 Å². The molecule has 3 rings (SSSR count). The number of aromatic nitrogens is 2. The Morgan fingerprint density at radius 2 is 1.78 bits per heavy atom. The molecule has 0 aliphatic rings. The van der Waals surface area contributed by atoms with Crippen LogP contribution >= 0.6 is 11.3 Å². The van der Waals surface area contributed by atoms with Gasteiger partial charge in [0.2, 0.25) is 10.0 Å². The van der Waals surface area contributed by atoms with E-state index in [4.69, 9.17) is 0 Å². The van der Waals surface area contributed by atoms with E-state index in [1.807, 2.05) is 17.5 Å². The molecule has 1 amide bonds. The number of pyridine rings is 1. The summed E-state index contributed by atoms with van der Waals surface area (Å²) in [5.41, 5.74) is 2.19. The van der Waals surface area contributed by atoms with E-state index in [0.717, 1.165) is 20.6 Å². The second kappa shape index (κ2) is 7.95. The molecule has 0 saturated heterocycles. The van der Waals surface area contributed by atoms with Crippen molar-refractivity contribution in [2.45, 2.75) is 11.4 Å². The molecule has 1 N–H and O–H groups in total. The van der Waals surface area contributed by atoms with E-state index in [1.54, 1.807) is 12.4 Å². The lowest BCUT2D eigenvalue weighted by molar-refractivity contribution is 0.0950. The molecule has 2 heterocycles. The Hall–Kier alpha value is -2.62. The SMILES string of the molecule is CN(C)S(=O)(=O)c1ccc(C(=O)NCc2nc(-c3ccncc3)cs2)cc1. The van der Waals surface area contributed by atoms with Crippen LogP contribution < -0.4 is 5.32 Å². The molecule has 0 spiro atoms. The molecule has 0 atom stereocenters. The fraction of sp³-hybridized carbons (Fsp3) is 0.167. The van der Waals surface area contributed by atoms with Gasteiger partial charge >= 0.3 is 0 Å². The van der Waals surface area contributed by atoms with Crippen molar-refractivity contribution in [2.24, 2.45) is 0 Å². The van der Waals surface area contributed by atoms with Crippen LogP contribution in [-0.2, 0) is 16.6 Å². The van der Waals surface area contributed by atoms with Crippen LogP contribution in [-0.4, -0.2) is 42.7 Å². The molecule has 2 aromatic heterocycles. The molecule has 9 heteroatoms. The number of hydrogen-bond donors (Lipinski definition) is 1. The molecule has 0 saturated carbocycles. The van der Waals surface area contributed by atoms with Crippen LogP contribution in [0.1, 0.15) is 15.4 Å². The number of nitrogens with one attached hydrogen (secondary N) is 1.